The van der Waals surface area contributed by atoms with Crippen molar-refractivity contribution in [2.45, 2.75) is 13.3 Å². The summed E-state index contributed by atoms with van der Waals surface area (Å²) in [5.74, 6) is 0.774. The number of benzene rings is 1. The fraction of sp³-hybridized carbons (Fsp3) is 0.231. The van der Waals surface area contributed by atoms with Crippen molar-refractivity contribution in [3.05, 3.63) is 42.2 Å². The van der Waals surface area contributed by atoms with E-state index in [2.05, 4.69) is 21.9 Å². The molecule has 0 spiro atoms. The first-order valence-corrected chi connectivity index (χ1v) is 5.70. The van der Waals surface area contributed by atoms with Crippen molar-refractivity contribution in [1.29, 1.82) is 0 Å². The van der Waals surface area contributed by atoms with Crippen LogP contribution in [0.3, 0.4) is 0 Å². The van der Waals surface area contributed by atoms with Gasteiger partial charge in [0.2, 0.25) is 0 Å². The third kappa shape index (κ3) is 3.35. The Balaban J connectivity index is 1.81. The van der Waals surface area contributed by atoms with E-state index in [0.717, 1.165) is 6.42 Å². The van der Waals surface area contributed by atoms with Gasteiger partial charge in [-0.3, -0.25) is 4.79 Å². The molecule has 1 aromatic heterocycles. The Hall–Kier alpha value is -2.30. The predicted octanol–water partition coefficient (Wildman–Crippen LogP) is 2.25. The van der Waals surface area contributed by atoms with E-state index >= 15 is 0 Å². The Labute approximate surface area is 105 Å². The first-order chi connectivity index (χ1) is 8.78. The number of aryl methyl sites for hydroxylation is 1. The minimum atomic E-state index is -0.275. The molecule has 94 valence electrons. The quantitative estimate of drug-likeness (QED) is 0.878. The van der Waals surface area contributed by atoms with Gasteiger partial charge < -0.3 is 14.6 Å². The van der Waals surface area contributed by atoms with E-state index in [9.17, 15) is 4.79 Å². The van der Waals surface area contributed by atoms with Gasteiger partial charge in [-0.2, -0.15) is 0 Å². The minimum absolute atomic E-state index is 0.0572. The van der Waals surface area contributed by atoms with Gasteiger partial charge in [-0.15, -0.1) is 0 Å². The molecular formula is C13H14N2O3. The van der Waals surface area contributed by atoms with Gasteiger partial charge in [0.1, 0.15) is 12.0 Å². The number of rotatable bonds is 5. The first kappa shape index (κ1) is 12.2. The lowest BCUT2D eigenvalue weighted by atomic mass is 10.2. The number of nitrogens with zero attached hydrogens (tertiary/aromatic N) is 1. The van der Waals surface area contributed by atoms with E-state index in [1.807, 2.05) is 24.3 Å². The van der Waals surface area contributed by atoms with E-state index in [1.54, 1.807) is 6.07 Å². The van der Waals surface area contributed by atoms with E-state index in [1.165, 1.54) is 11.8 Å². The zero-order chi connectivity index (χ0) is 12.8. The van der Waals surface area contributed by atoms with Gasteiger partial charge in [-0.05, 0) is 24.1 Å². The molecule has 18 heavy (non-hydrogen) atoms. The van der Waals surface area contributed by atoms with Crippen LogP contribution in [0.15, 0.2) is 41.1 Å². The predicted molar refractivity (Wildman–Crippen MR) is 66.4 cm³/mol. The molecule has 0 unspecified atom stereocenters. The second-order valence-electron chi connectivity index (χ2n) is 3.72. The maximum atomic E-state index is 11.5. The monoisotopic (exact) mass is 246 g/mol. The summed E-state index contributed by atoms with van der Waals surface area (Å²) in [6.45, 7) is 2.03. The number of anilines is 1. The molecule has 0 bridgehead atoms. The highest BCUT2D eigenvalue weighted by Gasteiger charge is 2.05. The third-order valence-corrected chi connectivity index (χ3v) is 2.41. The van der Waals surface area contributed by atoms with Crippen LogP contribution in [-0.2, 0) is 11.2 Å². The smallest absolute Gasteiger partial charge is 0.263 e. The standard InChI is InChI=1S/C13H14N2O3/c1-2-10-3-5-11(6-4-10)17-9-13(16)14-12-7-8-18-15-12/h3-8H,2,9H2,1H3,(H,14,15,16). The number of amides is 1. The second-order valence-corrected chi connectivity index (χ2v) is 3.72. The fourth-order valence-corrected chi connectivity index (χ4v) is 1.43. The maximum Gasteiger partial charge on any atom is 0.263 e. The van der Waals surface area contributed by atoms with Crippen molar-refractivity contribution >= 4 is 11.7 Å². The minimum Gasteiger partial charge on any atom is -0.484 e. The van der Waals surface area contributed by atoms with Crippen molar-refractivity contribution < 1.29 is 14.1 Å². The molecule has 5 nitrogen and oxygen atoms in total. The molecule has 1 amide bonds. The molecule has 0 saturated heterocycles. The first-order valence-electron chi connectivity index (χ1n) is 5.70. The van der Waals surface area contributed by atoms with Gasteiger partial charge in [0.15, 0.2) is 12.4 Å². The lowest BCUT2D eigenvalue weighted by Crippen LogP contribution is -2.20. The highest BCUT2D eigenvalue weighted by molar-refractivity contribution is 5.90. The normalized spacial score (nSPS) is 10.1. The van der Waals surface area contributed by atoms with Crippen LogP contribution in [0.1, 0.15) is 12.5 Å². The molecular weight excluding hydrogens is 232 g/mol. The zero-order valence-electron chi connectivity index (χ0n) is 10.1. The summed E-state index contributed by atoms with van der Waals surface area (Å²) < 4.78 is 9.94. The van der Waals surface area contributed by atoms with Gasteiger partial charge in [-0.25, -0.2) is 0 Å². The highest BCUT2D eigenvalue weighted by atomic mass is 16.5. The Bertz CT molecular complexity index is 491. The lowest BCUT2D eigenvalue weighted by molar-refractivity contribution is -0.118. The Morgan fingerprint density at radius 1 is 1.33 bits per heavy atom. The number of carbonyl (C=O) groups excluding carboxylic acids is 1. The summed E-state index contributed by atoms with van der Waals surface area (Å²) in [4.78, 5) is 11.5. The molecule has 1 heterocycles. The van der Waals surface area contributed by atoms with Crippen LogP contribution in [0.25, 0.3) is 0 Å². The molecule has 0 saturated carbocycles. The Morgan fingerprint density at radius 3 is 2.72 bits per heavy atom. The SMILES string of the molecule is CCc1ccc(OCC(=O)Nc2ccon2)cc1. The zero-order valence-corrected chi connectivity index (χ0v) is 10.1. The number of hydrogen-bond donors (Lipinski definition) is 1. The summed E-state index contributed by atoms with van der Waals surface area (Å²) in [7, 11) is 0. The van der Waals surface area contributed by atoms with Crippen molar-refractivity contribution in [1.82, 2.24) is 5.16 Å². The van der Waals surface area contributed by atoms with Crippen LogP contribution >= 0.6 is 0 Å². The van der Waals surface area contributed by atoms with Gasteiger partial charge >= 0.3 is 0 Å². The van der Waals surface area contributed by atoms with Gasteiger partial charge in [0, 0.05) is 6.07 Å². The highest BCUT2D eigenvalue weighted by Crippen LogP contribution is 2.12. The van der Waals surface area contributed by atoms with E-state index in [4.69, 9.17) is 4.74 Å². The summed E-state index contributed by atoms with van der Waals surface area (Å²) in [5, 5.41) is 6.12. The molecule has 2 rings (SSSR count). The molecule has 0 radical (unpaired) electrons. The van der Waals surface area contributed by atoms with Crippen LogP contribution in [0.5, 0.6) is 5.75 Å². The topological polar surface area (TPSA) is 64.4 Å². The number of hydrogen-bond acceptors (Lipinski definition) is 4. The lowest BCUT2D eigenvalue weighted by Gasteiger charge is -2.06. The number of ether oxygens (including phenoxy) is 1. The van der Waals surface area contributed by atoms with Gasteiger partial charge in [0.25, 0.3) is 5.91 Å². The van der Waals surface area contributed by atoms with Crippen LogP contribution in [-0.4, -0.2) is 17.7 Å². The average molecular weight is 246 g/mol. The number of nitrogens with one attached hydrogen (secondary N) is 1. The van der Waals surface area contributed by atoms with Crippen LogP contribution in [0.2, 0.25) is 0 Å². The third-order valence-electron chi connectivity index (χ3n) is 2.41. The molecule has 5 heteroatoms. The summed E-state index contributed by atoms with van der Waals surface area (Å²) in [5.41, 5.74) is 1.23. The molecule has 0 aliphatic carbocycles. The van der Waals surface area contributed by atoms with E-state index < -0.39 is 0 Å². The molecule has 0 aliphatic heterocycles. The van der Waals surface area contributed by atoms with E-state index in [0.29, 0.717) is 11.6 Å². The second kappa shape index (κ2) is 5.86. The van der Waals surface area contributed by atoms with Gasteiger partial charge in [-0.1, -0.05) is 24.2 Å². The fourth-order valence-electron chi connectivity index (χ4n) is 1.43. The molecule has 0 atom stereocenters. The molecule has 1 N–H and O–H groups in total. The molecule has 2 aromatic rings. The van der Waals surface area contributed by atoms with Crippen molar-refractivity contribution in [2.24, 2.45) is 0 Å². The van der Waals surface area contributed by atoms with Crippen molar-refractivity contribution in [2.75, 3.05) is 11.9 Å². The van der Waals surface area contributed by atoms with Crippen LogP contribution in [0.4, 0.5) is 5.82 Å². The summed E-state index contributed by atoms with van der Waals surface area (Å²) >= 11 is 0. The van der Waals surface area contributed by atoms with Crippen LogP contribution < -0.4 is 10.1 Å². The largest absolute Gasteiger partial charge is 0.484 e. The molecule has 0 fully saturated rings. The van der Waals surface area contributed by atoms with Crippen molar-refractivity contribution in [3.8, 4) is 5.75 Å². The Morgan fingerprint density at radius 2 is 2.11 bits per heavy atom. The maximum absolute atomic E-state index is 11.5. The van der Waals surface area contributed by atoms with Gasteiger partial charge in [0.05, 0.1) is 0 Å². The average Bonchev–Trinajstić information content (AvgIpc) is 2.90. The number of carbonyl (C=O) groups is 1. The van der Waals surface area contributed by atoms with Crippen molar-refractivity contribution in [3.63, 3.8) is 0 Å². The van der Waals surface area contributed by atoms with E-state index in [-0.39, 0.29) is 12.5 Å². The summed E-state index contributed by atoms with van der Waals surface area (Å²) in [6, 6.07) is 9.22. The summed E-state index contributed by atoms with van der Waals surface area (Å²) in [6.07, 6.45) is 2.37. The molecule has 1 aromatic carbocycles. The Kier molecular flexibility index (Phi) is 3.96. The molecule has 0 aliphatic rings. The van der Waals surface area contributed by atoms with Crippen LogP contribution in [0, 0.1) is 0 Å². The number of aromatic nitrogens is 1.